The Bertz CT molecular complexity index is 1190. The molecule has 10 nitrogen and oxygen atoms in total. The zero-order valence-electron chi connectivity index (χ0n) is 23.1. The molecule has 2 rings (SSSR count). The van der Waals surface area contributed by atoms with Crippen molar-refractivity contribution in [3.8, 4) is 11.5 Å². The molecular weight excluding hydrogens is 556 g/mol. The molecule has 0 radical (unpaired) electrons. The van der Waals surface area contributed by atoms with Crippen LogP contribution in [0.2, 0.25) is 0 Å². The standard InChI is InChI=1S/C28H36N2O8S2/c1-17(2)14-20(27(35)36)29-24(31)19(26(33)34)15-28(3,16-39-40-23-13-9-8-12-22(23)38-5)30-25(32)18-10-6-7-11-21(18)37-4/h6-13,17,19-20H,14-16H2,1-5H3,(H,29,31)(H,30,32)(H,33,34)(H,35,36). The van der Waals surface area contributed by atoms with E-state index in [-0.39, 0.29) is 30.1 Å². The van der Waals surface area contributed by atoms with Crippen molar-refractivity contribution in [2.75, 3.05) is 20.0 Å². The fourth-order valence-electron chi connectivity index (χ4n) is 3.94. The molecule has 2 amide bonds. The number of para-hydroxylation sites is 2. The van der Waals surface area contributed by atoms with Gasteiger partial charge in [-0.15, -0.1) is 0 Å². The third-order valence-corrected chi connectivity index (χ3v) is 8.59. The zero-order valence-corrected chi connectivity index (χ0v) is 24.8. The Morgan fingerprint density at radius 2 is 1.52 bits per heavy atom. The molecule has 0 heterocycles. The van der Waals surface area contributed by atoms with Crippen molar-refractivity contribution in [3.63, 3.8) is 0 Å². The number of carboxylic acid groups (broad SMARTS) is 2. The third kappa shape index (κ3) is 9.67. The van der Waals surface area contributed by atoms with Crippen LogP contribution in [0.5, 0.6) is 11.5 Å². The van der Waals surface area contributed by atoms with E-state index in [2.05, 4.69) is 10.6 Å². The minimum Gasteiger partial charge on any atom is -0.496 e. The Hall–Kier alpha value is -3.38. The molecule has 40 heavy (non-hydrogen) atoms. The summed E-state index contributed by atoms with van der Waals surface area (Å²) in [5, 5.41) is 24.8. The first kappa shape index (κ1) is 32.8. The van der Waals surface area contributed by atoms with E-state index < -0.39 is 41.3 Å². The molecule has 0 aliphatic rings. The van der Waals surface area contributed by atoms with Crippen molar-refractivity contribution < 1.29 is 38.9 Å². The molecule has 0 bridgehead atoms. The van der Waals surface area contributed by atoms with Gasteiger partial charge in [0.25, 0.3) is 5.91 Å². The number of carbonyl (C=O) groups is 4. The summed E-state index contributed by atoms with van der Waals surface area (Å²) >= 11 is 0. The van der Waals surface area contributed by atoms with Gasteiger partial charge in [-0.1, -0.05) is 59.7 Å². The minimum absolute atomic E-state index is 0.0431. The van der Waals surface area contributed by atoms with Crippen LogP contribution in [-0.2, 0) is 14.4 Å². The zero-order chi connectivity index (χ0) is 29.9. The largest absolute Gasteiger partial charge is 0.496 e. The summed E-state index contributed by atoms with van der Waals surface area (Å²) in [6, 6.07) is 12.7. The van der Waals surface area contributed by atoms with Gasteiger partial charge in [-0.05, 0) is 49.9 Å². The van der Waals surface area contributed by atoms with E-state index in [1.165, 1.54) is 28.7 Å². The van der Waals surface area contributed by atoms with Crippen LogP contribution < -0.4 is 20.1 Å². The molecule has 0 saturated heterocycles. The number of hydrogen-bond donors (Lipinski definition) is 4. The molecule has 0 aromatic heterocycles. The summed E-state index contributed by atoms with van der Waals surface area (Å²) in [5.41, 5.74) is -0.952. The fourth-order valence-corrected chi connectivity index (χ4v) is 6.69. The van der Waals surface area contributed by atoms with E-state index in [0.717, 1.165) is 4.90 Å². The predicted octanol–water partition coefficient (Wildman–Crippen LogP) is 4.34. The van der Waals surface area contributed by atoms with Crippen LogP contribution in [0.1, 0.15) is 44.0 Å². The molecule has 0 aliphatic carbocycles. The summed E-state index contributed by atoms with van der Waals surface area (Å²) in [4.78, 5) is 51.2. The smallest absolute Gasteiger partial charge is 0.326 e. The van der Waals surface area contributed by atoms with Crippen LogP contribution in [0.3, 0.4) is 0 Å². The molecule has 4 N–H and O–H groups in total. The summed E-state index contributed by atoms with van der Waals surface area (Å²) < 4.78 is 10.7. The van der Waals surface area contributed by atoms with Crippen LogP contribution in [0, 0.1) is 11.8 Å². The normalized spacial score (nSPS) is 13.9. The van der Waals surface area contributed by atoms with Gasteiger partial charge in [0.05, 0.1) is 24.7 Å². The Balaban J connectivity index is 2.33. The lowest BCUT2D eigenvalue weighted by Gasteiger charge is -2.33. The van der Waals surface area contributed by atoms with Gasteiger partial charge in [-0.2, -0.15) is 0 Å². The lowest BCUT2D eigenvalue weighted by Crippen LogP contribution is -2.53. The monoisotopic (exact) mass is 592 g/mol. The lowest BCUT2D eigenvalue weighted by atomic mass is 9.88. The highest BCUT2D eigenvalue weighted by Gasteiger charge is 2.39. The number of methoxy groups -OCH3 is 2. The number of carbonyl (C=O) groups excluding carboxylic acids is 2. The van der Waals surface area contributed by atoms with Crippen molar-refractivity contribution in [1.29, 1.82) is 0 Å². The van der Waals surface area contributed by atoms with Gasteiger partial charge in [0.15, 0.2) is 0 Å². The average Bonchev–Trinajstić information content (AvgIpc) is 2.91. The third-order valence-electron chi connectivity index (χ3n) is 5.95. The molecule has 218 valence electrons. The van der Waals surface area contributed by atoms with E-state index in [0.29, 0.717) is 11.5 Å². The van der Waals surface area contributed by atoms with Gasteiger partial charge >= 0.3 is 11.9 Å². The quantitative estimate of drug-likeness (QED) is 0.164. The van der Waals surface area contributed by atoms with Crippen molar-refractivity contribution in [2.24, 2.45) is 11.8 Å². The Labute approximate surface area is 242 Å². The Morgan fingerprint density at radius 3 is 2.10 bits per heavy atom. The average molecular weight is 593 g/mol. The van der Waals surface area contributed by atoms with Crippen molar-refractivity contribution >= 4 is 45.3 Å². The van der Waals surface area contributed by atoms with Gasteiger partial charge in [0.1, 0.15) is 23.5 Å². The Morgan fingerprint density at radius 1 is 0.925 bits per heavy atom. The molecule has 2 aromatic carbocycles. The van der Waals surface area contributed by atoms with Crippen LogP contribution >= 0.6 is 21.6 Å². The summed E-state index contributed by atoms with van der Waals surface area (Å²) in [7, 11) is 5.73. The minimum atomic E-state index is -1.62. The summed E-state index contributed by atoms with van der Waals surface area (Å²) in [5.74, 6) is -4.56. The molecule has 3 atom stereocenters. The predicted molar refractivity (Wildman–Crippen MR) is 155 cm³/mol. The Kier molecular flexibility index (Phi) is 12.7. The van der Waals surface area contributed by atoms with Crippen molar-refractivity contribution in [1.82, 2.24) is 10.6 Å². The summed E-state index contributed by atoms with van der Waals surface area (Å²) in [6.07, 6.45) is -0.150. The molecule has 0 fully saturated rings. The number of benzene rings is 2. The molecule has 0 spiro atoms. The van der Waals surface area contributed by atoms with Gasteiger partial charge in [-0.25, -0.2) is 4.79 Å². The first-order valence-electron chi connectivity index (χ1n) is 12.5. The first-order chi connectivity index (χ1) is 18.9. The van der Waals surface area contributed by atoms with Crippen LogP contribution in [0.15, 0.2) is 53.4 Å². The number of ether oxygens (including phenoxy) is 2. The molecule has 12 heteroatoms. The van der Waals surface area contributed by atoms with E-state index >= 15 is 0 Å². The van der Waals surface area contributed by atoms with Crippen molar-refractivity contribution in [3.05, 3.63) is 54.1 Å². The second-order valence-electron chi connectivity index (χ2n) is 9.84. The highest BCUT2D eigenvalue weighted by molar-refractivity contribution is 8.76. The van der Waals surface area contributed by atoms with Crippen molar-refractivity contribution in [2.45, 2.75) is 50.1 Å². The summed E-state index contributed by atoms with van der Waals surface area (Å²) in [6.45, 7) is 5.26. The van der Waals surface area contributed by atoms with Crippen LogP contribution in [0.25, 0.3) is 0 Å². The van der Waals surface area contributed by atoms with E-state index in [1.807, 2.05) is 24.3 Å². The highest BCUT2D eigenvalue weighted by atomic mass is 33.1. The second-order valence-corrected chi connectivity index (χ2v) is 12.2. The second kappa shape index (κ2) is 15.4. The van der Waals surface area contributed by atoms with Gasteiger partial charge in [0, 0.05) is 11.3 Å². The number of aliphatic carboxylic acids is 2. The topological polar surface area (TPSA) is 151 Å². The SMILES string of the molecule is COc1ccccc1SSCC(C)(CC(C(=O)O)C(=O)NC(CC(C)C)C(=O)O)NC(=O)c1ccccc1OC. The molecule has 2 aromatic rings. The molecule has 0 saturated carbocycles. The maximum Gasteiger partial charge on any atom is 0.326 e. The maximum absolute atomic E-state index is 13.3. The highest BCUT2D eigenvalue weighted by Crippen LogP contribution is 2.39. The lowest BCUT2D eigenvalue weighted by molar-refractivity contribution is -0.150. The number of rotatable bonds is 16. The fraction of sp³-hybridized carbons (Fsp3) is 0.429. The molecule has 0 aliphatic heterocycles. The molecule has 3 unspecified atom stereocenters. The first-order valence-corrected chi connectivity index (χ1v) is 14.9. The van der Waals surface area contributed by atoms with Gasteiger partial charge < -0.3 is 30.3 Å². The van der Waals surface area contributed by atoms with E-state index in [9.17, 15) is 29.4 Å². The van der Waals surface area contributed by atoms with Crippen LogP contribution in [0.4, 0.5) is 0 Å². The maximum atomic E-state index is 13.3. The molecular formula is C28H36N2O8S2. The van der Waals surface area contributed by atoms with Gasteiger partial charge in [0.2, 0.25) is 5.91 Å². The van der Waals surface area contributed by atoms with Crippen LogP contribution in [-0.4, -0.2) is 65.5 Å². The number of nitrogens with one attached hydrogen (secondary N) is 2. The number of amides is 2. The van der Waals surface area contributed by atoms with E-state index in [4.69, 9.17) is 9.47 Å². The number of hydrogen-bond acceptors (Lipinski definition) is 8. The number of carboxylic acids is 2. The van der Waals surface area contributed by atoms with Gasteiger partial charge in [-0.3, -0.25) is 14.4 Å². The van der Waals surface area contributed by atoms with E-state index in [1.54, 1.807) is 52.1 Å².